The number of carboxylic acid groups (broad SMARTS) is 1. The molecule has 1 saturated heterocycles. The number of hydrogen-bond acceptors (Lipinski definition) is 5. The largest absolute Gasteiger partial charge is 0.507 e. The van der Waals surface area contributed by atoms with E-state index in [4.69, 9.17) is 5.11 Å². The number of phenolic OH excluding ortho intramolecular Hbond substituents is 1. The van der Waals surface area contributed by atoms with Gasteiger partial charge in [-0.2, -0.15) is 8.42 Å². The Morgan fingerprint density at radius 3 is 2.69 bits per heavy atom. The van der Waals surface area contributed by atoms with Crippen LogP contribution in [0.25, 0.3) is 16.8 Å². The van der Waals surface area contributed by atoms with Gasteiger partial charge in [0.25, 0.3) is 5.91 Å². The quantitative estimate of drug-likeness (QED) is 0.728. The minimum Gasteiger partial charge on any atom is -0.507 e. The van der Waals surface area contributed by atoms with Crippen molar-refractivity contribution in [1.29, 1.82) is 0 Å². The predicted octanol–water partition coefficient (Wildman–Crippen LogP) is 1.60. The number of benzene rings is 2. The Morgan fingerprint density at radius 1 is 1.27 bits per heavy atom. The van der Waals surface area contributed by atoms with E-state index in [0.717, 1.165) is 9.87 Å². The molecule has 0 aliphatic carbocycles. The molecule has 1 aliphatic rings. The normalized spacial score (nSPS) is 16.3. The van der Waals surface area contributed by atoms with Gasteiger partial charge in [-0.1, -0.05) is 24.3 Å². The summed E-state index contributed by atoms with van der Waals surface area (Å²) in [4.78, 5) is 21.9. The maximum absolute atomic E-state index is 12.0. The van der Waals surface area contributed by atoms with Crippen molar-refractivity contribution in [2.75, 3.05) is 10.8 Å². The number of rotatable bonds is 5. The highest BCUT2D eigenvalue weighted by molar-refractivity contribution is 7.92. The van der Waals surface area contributed by atoms with Crippen LogP contribution in [0, 0.1) is 0 Å². The lowest BCUT2D eigenvalue weighted by Crippen LogP contribution is -2.29. The van der Waals surface area contributed by atoms with Crippen molar-refractivity contribution in [2.24, 2.45) is 0 Å². The van der Waals surface area contributed by atoms with E-state index in [0.29, 0.717) is 17.2 Å². The van der Waals surface area contributed by atoms with Gasteiger partial charge in [-0.05, 0) is 29.5 Å². The molecular weight excluding hydrogens is 360 g/mol. The van der Waals surface area contributed by atoms with Crippen LogP contribution in [-0.4, -0.2) is 37.1 Å². The van der Waals surface area contributed by atoms with Crippen LogP contribution in [0.4, 0.5) is 5.69 Å². The third-order valence-electron chi connectivity index (χ3n) is 3.88. The minimum absolute atomic E-state index is 0.0306. The van der Waals surface area contributed by atoms with Crippen molar-refractivity contribution < 1.29 is 28.2 Å². The van der Waals surface area contributed by atoms with E-state index in [1.807, 2.05) is 4.72 Å². The summed E-state index contributed by atoms with van der Waals surface area (Å²) in [5.41, 5.74) is 0.957. The Hall–Kier alpha value is -3.07. The Kier molecular flexibility index (Phi) is 4.56. The second-order valence-corrected chi connectivity index (χ2v) is 7.41. The van der Waals surface area contributed by atoms with E-state index in [-0.39, 0.29) is 24.4 Å². The van der Waals surface area contributed by atoms with Crippen molar-refractivity contribution in [1.82, 2.24) is 4.72 Å². The molecule has 3 N–H and O–H groups in total. The number of carbonyl (C=O) groups is 2. The first-order valence-corrected chi connectivity index (χ1v) is 9.19. The number of allylic oxidation sites excluding steroid dienone is 1. The van der Waals surface area contributed by atoms with Gasteiger partial charge in [0, 0.05) is 17.9 Å². The molecule has 0 spiro atoms. The number of hydrogen-bond donors (Lipinski definition) is 3. The van der Waals surface area contributed by atoms with Crippen LogP contribution in [-0.2, 0) is 19.8 Å². The van der Waals surface area contributed by atoms with Crippen molar-refractivity contribution in [3.8, 4) is 5.75 Å². The molecule has 9 heteroatoms. The van der Waals surface area contributed by atoms with Crippen molar-refractivity contribution in [3.63, 3.8) is 0 Å². The molecule has 0 atom stereocenters. The van der Waals surface area contributed by atoms with Gasteiger partial charge in [-0.15, -0.1) is 0 Å². The molecule has 0 bridgehead atoms. The van der Waals surface area contributed by atoms with Crippen molar-refractivity contribution >= 4 is 44.6 Å². The summed E-state index contributed by atoms with van der Waals surface area (Å²) >= 11 is 0. The number of nitrogens with one attached hydrogen (secondary N) is 1. The molecule has 2 aromatic rings. The SMILES string of the molecule is O=C(O)CCC=Cc1ccc2c(O)cc(N3CC(=O)NS3(=O)=O)cc2c1. The molecule has 1 amide bonds. The Balaban J connectivity index is 1.96. The van der Waals surface area contributed by atoms with Crippen molar-refractivity contribution in [2.45, 2.75) is 12.8 Å². The number of carbonyl (C=O) groups excluding carboxylic acids is 1. The molecule has 1 heterocycles. The summed E-state index contributed by atoms with van der Waals surface area (Å²) in [7, 11) is -3.96. The summed E-state index contributed by atoms with van der Waals surface area (Å²) in [6.45, 7) is -0.345. The molecule has 1 aliphatic heterocycles. The van der Waals surface area contributed by atoms with Crippen LogP contribution in [0.1, 0.15) is 18.4 Å². The first-order valence-electron chi connectivity index (χ1n) is 7.75. The van der Waals surface area contributed by atoms with Gasteiger partial charge in [0.1, 0.15) is 12.3 Å². The van der Waals surface area contributed by atoms with Crippen LogP contribution in [0.5, 0.6) is 5.75 Å². The lowest BCUT2D eigenvalue weighted by molar-refractivity contribution is -0.136. The van der Waals surface area contributed by atoms with Gasteiger partial charge in [0.05, 0.1) is 5.69 Å². The van der Waals surface area contributed by atoms with Crippen molar-refractivity contribution in [3.05, 3.63) is 42.0 Å². The third kappa shape index (κ3) is 3.62. The molecule has 2 aromatic carbocycles. The number of anilines is 1. The van der Waals surface area contributed by atoms with Gasteiger partial charge >= 0.3 is 16.2 Å². The van der Waals surface area contributed by atoms with E-state index in [2.05, 4.69) is 0 Å². The molecule has 1 fully saturated rings. The molecule has 3 rings (SSSR count). The van der Waals surface area contributed by atoms with Crippen LogP contribution < -0.4 is 9.03 Å². The predicted molar refractivity (Wildman–Crippen MR) is 95.9 cm³/mol. The fourth-order valence-corrected chi connectivity index (χ4v) is 3.84. The fourth-order valence-electron chi connectivity index (χ4n) is 2.70. The summed E-state index contributed by atoms with van der Waals surface area (Å²) in [6.07, 6.45) is 3.90. The molecular formula is C17H16N2O6S. The number of aliphatic carboxylic acids is 1. The molecule has 26 heavy (non-hydrogen) atoms. The maximum Gasteiger partial charge on any atom is 0.326 e. The average molecular weight is 376 g/mol. The lowest BCUT2D eigenvalue weighted by atomic mass is 10.0. The van der Waals surface area contributed by atoms with Crippen LogP contribution in [0.3, 0.4) is 0 Å². The Bertz CT molecular complexity index is 1030. The summed E-state index contributed by atoms with van der Waals surface area (Å²) in [5.74, 6) is -1.62. The van der Waals surface area contributed by atoms with E-state index in [1.165, 1.54) is 6.07 Å². The topological polar surface area (TPSA) is 124 Å². The second-order valence-electron chi connectivity index (χ2n) is 5.82. The number of fused-ring (bicyclic) bond motifs is 1. The van der Waals surface area contributed by atoms with Gasteiger partial charge in [0.2, 0.25) is 0 Å². The van der Waals surface area contributed by atoms with E-state index >= 15 is 0 Å². The zero-order valence-corrected chi connectivity index (χ0v) is 14.4. The highest BCUT2D eigenvalue weighted by Gasteiger charge is 2.34. The van der Waals surface area contributed by atoms with Gasteiger partial charge in [-0.25, -0.2) is 9.03 Å². The van der Waals surface area contributed by atoms with Gasteiger partial charge in [0.15, 0.2) is 0 Å². The summed E-state index contributed by atoms with van der Waals surface area (Å²) in [6, 6.07) is 8.06. The Labute approximate surface area is 149 Å². The summed E-state index contributed by atoms with van der Waals surface area (Å²) < 4.78 is 26.7. The van der Waals surface area contributed by atoms with Crippen LogP contribution >= 0.6 is 0 Å². The first-order chi connectivity index (χ1) is 12.3. The second kappa shape index (κ2) is 6.68. The summed E-state index contributed by atoms with van der Waals surface area (Å²) in [5, 5.41) is 20.0. The molecule has 0 unspecified atom stereocenters. The minimum atomic E-state index is -3.96. The zero-order valence-electron chi connectivity index (χ0n) is 13.5. The monoisotopic (exact) mass is 376 g/mol. The third-order valence-corrected chi connectivity index (χ3v) is 5.29. The molecule has 0 saturated carbocycles. The first kappa shape index (κ1) is 17.7. The number of phenols is 1. The molecule has 0 radical (unpaired) electrons. The fraction of sp³-hybridized carbons (Fsp3) is 0.176. The number of carboxylic acids is 1. The number of aromatic hydroxyl groups is 1. The smallest absolute Gasteiger partial charge is 0.326 e. The van der Waals surface area contributed by atoms with E-state index in [9.17, 15) is 23.1 Å². The molecule has 8 nitrogen and oxygen atoms in total. The standard InChI is InChI=1S/C17H16N2O6S/c20-15-9-13(19-10-16(21)18-26(19,24)25)8-12-7-11(5-6-14(12)15)3-1-2-4-17(22)23/h1,3,5-9,20H,2,4,10H2,(H,18,21)(H,22,23). The number of nitrogens with zero attached hydrogens (tertiary/aromatic N) is 1. The zero-order chi connectivity index (χ0) is 18.9. The highest BCUT2D eigenvalue weighted by Crippen LogP contribution is 2.33. The molecule has 0 aromatic heterocycles. The Morgan fingerprint density at radius 2 is 2.04 bits per heavy atom. The van der Waals surface area contributed by atoms with Crippen LogP contribution in [0.15, 0.2) is 36.4 Å². The molecule has 136 valence electrons. The van der Waals surface area contributed by atoms with E-state index in [1.54, 1.807) is 36.4 Å². The van der Waals surface area contributed by atoms with Gasteiger partial charge < -0.3 is 10.2 Å². The van der Waals surface area contributed by atoms with Crippen LogP contribution in [0.2, 0.25) is 0 Å². The van der Waals surface area contributed by atoms with Gasteiger partial charge in [-0.3, -0.25) is 9.59 Å². The average Bonchev–Trinajstić information content (AvgIpc) is 2.83. The maximum atomic E-state index is 12.0. The highest BCUT2D eigenvalue weighted by atomic mass is 32.2. The van der Waals surface area contributed by atoms with E-state index < -0.39 is 22.1 Å². The lowest BCUT2D eigenvalue weighted by Gasteiger charge is -2.16. The number of amides is 1.